The topological polar surface area (TPSA) is 56.5 Å². The average Bonchev–Trinajstić information content (AvgIpc) is 2.99. The lowest BCUT2D eigenvalue weighted by Gasteiger charge is -2.13. The molecule has 1 aromatic carbocycles. The number of aromatic nitrogens is 2. The number of aliphatic hydroxyl groups excluding tert-OH is 1. The van der Waals surface area contributed by atoms with E-state index in [9.17, 15) is 5.11 Å². The Labute approximate surface area is 132 Å². The van der Waals surface area contributed by atoms with Crippen molar-refractivity contribution in [2.24, 2.45) is 7.05 Å². The summed E-state index contributed by atoms with van der Waals surface area (Å²) in [4.78, 5) is 0. The van der Waals surface area contributed by atoms with Crippen molar-refractivity contribution >= 4 is 23.2 Å². The number of nitrogens with zero attached hydrogens (tertiary/aromatic N) is 2. The highest BCUT2D eigenvalue weighted by Crippen LogP contribution is 2.41. The number of hydrogen-bond acceptors (Lipinski definition) is 4. The molecule has 3 rings (SSSR count). The summed E-state index contributed by atoms with van der Waals surface area (Å²) < 4.78 is 12.2. The number of hydrogen-bond donors (Lipinski definition) is 1. The summed E-state index contributed by atoms with van der Waals surface area (Å²) in [5.41, 5.74) is 2.17. The monoisotopic (exact) mass is 328 g/mol. The Morgan fingerprint density at radius 2 is 2.14 bits per heavy atom. The van der Waals surface area contributed by atoms with Crippen LogP contribution in [-0.2, 0) is 13.5 Å². The van der Waals surface area contributed by atoms with Crippen LogP contribution in [0.4, 0.5) is 0 Å². The van der Waals surface area contributed by atoms with Crippen LogP contribution in [0.1, 0.15) is 23.1 Å². The fourth-order valence-electron chi connectivity index (χ4n) is 2.38. The number of fused-ring (bicyclic) bond motifs is 1. The second-order valence-electron chi connectivity index (χ2n) is 4.93. The average molecular weight is 329 g/mol. The molecule has 0 spiro atoms. The molecule has 21 heavy (non-hydrogen) atoms. The predicted molar refractivity (Wildman–Crippen MR) is 79.2 cm³/mol. The van der Waals surface area contributed by atoms with Crippen LogP contribution < -0.4 is 9.47 Å². The molecule has 2 aromatic rings. The Hall–Kier alpha value is -1.43. The van der Waals surface area contributed by atoms with E-state index in [1.165, 1.54) is 0 Å². The first-order valence-corrected chi connectivity index (χ1v) is 7.18. The first-order chi connectivity index (χ1) is 9.97. The van der Waals surface area contributed by atoms with Gasteiger partial charge in [-0.05, 0) is 24.6 Å². The maximum absolute atomic E-state index is 10.4. The van der Waals surface area contributed by atoms with Crippen LogP contribution in [0.3, 0.4) is 0 Å². The fraction of sp³-hybridized carbons (Fsp3) is 0.357. The molecule has 1 aliphatic rings. The van der Waals surface area contributed by atoms with E-state index in [0.29, 0.717) is 33.5 Å². The minimum atomic E-state index is -0.760. The zero-order valence-electron chi connectivity index (χ0n) is 11.6. The zero-order valence-corrected chi connectivity index (χ0v) is 13.1. The molecule has 1 aromatic heterocycles. The van der Waals surface area contributed by atoms with Crippen LogP contribution in [0.2, 0.25) is 10.0 Å². The summed E-state index contributed by atoms with van der Waals surface area (Å²) in [6.07, 6.45) is -0.420. The van der Waals surface area contributed by atoms with Gasteiger partial charge >= 0.3 is 0 Å². The van der Waals surface area contributed by atoms with Gasteiger partial charge in [0, 0.05) is 13.5 Å². The van der Waals surface area contributed by atoms with Gasteiger partial charge in [0.25, 0.3) is 0 Å². The van der Waals surface area contributed by atoms with E-state index >= 15 is 0 Å². The summed E-state index contributed by atoms with van der Waals surface area (Å²) in [6, 6.07) is 3.41. The smallest absolute Gasteiger partial charge is 0.231 e. The minimum absolute atomic E-state index is 0.140. The van der Waals surface area contributed by atoms with Crippen LogP contribution >= 0.6 is 23.2 Å². The minimum Gasteiger partial charge on any atom is -0.454 e. The van der Waals surface area contributed by atoms with Crippen molar-refractivity contribution in [3.63, 3.8) is 0 Å². The molecule has 0 bridgehead atoms. The maximum Gasteiger partial charge on any atom is 0.231 e. The van der Waals surface area contributed by atoms with Crippen LogP contribution in [0.5, 0.6) is 11.5 Å². The van der Waals surface area contributed by atoms with Crippen LogP contribution in [0, 0.1) is 6.92 Å². The largest absolute Gasteiger partial charge is 0.454 e. The molecule has 0 aliphatic carbocycles. The molecule has 0 saturated carbocycles. The van der Waals surface area contributed by atoms with Crippen molar-refractivity contribution in [3.8, 4) is 11.5 Å². The van der Waals surface area contributed by atoms with Crippen molar-refractivity contribution in [1.29, 1.82) is 0 Å². The molecule has 0 amide bonds. The quantitative estimate of drug-likeness (QED) is 0.940. The molecule has 0 saturated heterocycles. The summed E-state index contributed by atoms with van der Waals surface area (Å²) in [6.45, 7) is 1.97. The highest BCUT2D eigenvalue weighted by molar-refractivity contribution is 6.32. The molecule has 5 nitrogen and oxygen atoms in total. The van der Waals surface area contributed by atoms with Gasteiger partial charge in [0.15, 0.2) is 11.5 Å². The lowest BCUT2D eigenvalue weighted by Crippen LogP contribution is -2.07. The van der Waals surface area contributed by atoms with E-state index in [1.807, 2.05) is 6.92 Å². The van der Waals surface area contributed by atoms with Gasteiger partial charge < -0.3 is 14.6 Å². The van der Waals surface area contributed by atoms with Crippen molar-refractivity contribution in [2.45, 2.75) is 19.4 Å². The fourth-order valence-corrected chi connectivity index (χ4v) is 2.89. The van der Waals surface area contributed by atoms with E-state index in [0.717, 1.165) is 11.4 Å². The molecule has 2 heterocycles. The number of aliphatic hydroxyl groups is 1. The second-order valence-corrected chi connectivity index (χ2v) is 5.71. The van der Waals surface area contributed by atoms with Crippen molar-refractivity contribution < 1.29 is 14.6 Å². The molecule has 0 fully saturated rings. The molecular formula is C14H14Cl2N2O3. The summed E-state index contributed by atoms with van der Waals surface area (Å²) in [5.74, 6) is 1.06. The lowest BCUT2D eigenvalue weighted by molar-refractivity contribution is 0.170. The third-order valence-electron chi connectivity index (χ3n) is 3.48. The van der Waals surface area contributed by atoms with E-state index in [1.54, 1.807) is 23.9 Å². The lowest BCUT2D eigenvalue weighted by atomic mass is 10.0. The van der Waals surface area contributed by atoms with Gasteiger partial charge in [-0.3, -0.25) is 4.68 Å². The molecular weight excluding hydrogens is 315 g/mol. The van der Waals surface area contributed by atoms with Gasteiger partial charge in [0.05, 0.1) is 27.5 Å². The normalized spacial score (nSPS) is 14.5. The molecule has 112 valence electrons. The summed E-state index contributed by atoms with van der Waals surface area (Å²) in [5, 5.41) is 15.7. The number of ether oxygens (including phenoxy) is 2. The molecule has 1 N–H and O–H groups in total. The zero-order chi connectivity index (χ0) is 15.1. The van der Waals surface area contributed by atoms with Gasteiger partial charge in [0.1, 0.15) is 0 Å². The van der Waals surface area contributed by atoms with Crippen molar-refractivity contribution in [2.75, 3.05) is 6.79 Å². The van der Waals surface area contributed by atoms with Gasteiger partial charge in [-0.2, -0.15) is 5.10 Å². The maximum atomic E-state index is 10.4. The number of halogens is 2. The van der Waals surface area contributed by atoms with Gasteiger partial charge in [-0.25, -0.2) is 0 Å². The highest BCUT2D eigenvalue weighted by atomic mass is 35.5. The Bertz CT molecular complexity index is 700. The number of aryl methyl sites for hydroxylation is 2. The third kappa shape index (κ3) is 2.57. The Balaban J connectivity index is 1.89. The Kier molecular flexibility index (Phi) is 3.73. The number of benzene rings is 1. The molecule has 1 atom stereocenters. The highest BCUT2D eigenvalue weighted by Gasteiger charge is 2.22. The van der Waals surface area contributed by atoms with Crippen molar-refractivity contribution in [3.05, 3.63) is 39.1 Å². The predicted octanol–water partition coefficient (Wildman–Crippen LogP) is 3.04. The van der Waals surface area contributed by atoms with Crippen LogP contribution in [0.25, 0.3) is 0 Å². The van der Waals surface area contributed by atoms with E-state index in [2.05, 4.69) is 5.10 Å². The molecule has 7 heteroatoms. The standard InChI is InChI=1S/C14H14Cl2N2O3/c1-7-13(16)10(18(2)17-7)5-11(19)8-3-9(15)14-12(4-8)20-6-21-14/h3-4,11,19H,5-6H2,1-2H3. The van der Waals surface area contributed by atoms with E-state index in [4.69, 9.17) is 32.7 Å². The summed E-state index contributed by atoms with van der Waals surface area (Å²) in [7, 11) is 1.80. The van der Waals surface area contributed by atoms with E-state index in [-0.39, 0.29) is 6.79 Å². The number of rotatable bonds is 3. The summed E-state index contributed by atoms with van der Waals surface area (Å²) >= 11 is 12.3. The van der Waals surface area contributed by atoms with Crippen LogP contribution in [-0.4, -0.2) is 21.7 Å². The molecule has 1 aliphatic heterocycles. The third-order valence-corrected chi connectivity index (χ3v) is 4.26. The Morgan fingerprint density at radius 1 is 1.38 bits per heavy atom. The van der Waals surface area contributed by atoms with Gasteiger partial charge in [-0.1, -0.05) is 23.2 Å². The Morgan fingerprint density at radius 3 is 2.81 bits per heavy atom. The molecule has 1 unspecified atom stereocenters. The van der Waals surface area contributed by atoms with Gasteiger partial charge in [-0.15, -0.1) is 0 Å². The van der Waals surface area contributed by atoms with Crippen molar-refractivity contribution in [1.82, 2.24) is 9.78 Å². The SMILES string of the molecule is Cc1nn(C)c(CC(O)c2cc(Cl)c3c(c2)OCO3)c1Cl. The van der Waals surface area contributed by atoms with Gasteiger partial charge in [0.2, 0.25) is 6.79 Å². The van der Waals surface area contributed by atoms with E-state index < -0.39 is 6.10 Å². The molecule has 0 radical (unpaired) electrons. The first-order valence-electron chi connectivity index (χ1n) is 6.42. The van der Waals surface area contributed by atoms with Crippen LogP contribution in [0.15, 0.2) is 12.1 Å². The second kappa shape index (κ2) is 5.40. The first kappa shape index (κ1) is 14.5.